The molecule has 0 radical (unpaired) electrons. The van der Waals surface area contributed by atoms with Crippen LogP contribution in [0.1, 0.15) is 38.7 Å². The van der Waals surface area contributed by atoms with Gasteiger partial charge in [0.25, 0.3) is 0 Å². The number of benzene rings is 1. The summed E-state index contributed by atoms with van der Waals surface area (Å²) in [6.45, 7) is 7.18. The molecular weight excluding hydrogens is 206 g/mol. The highest BCUT2D eigenvalue weighted by Gasteiger charge is 2.35. The highest BCUT2D eigenvalue weighted by Crippen LogP contribution is 2.39. The van der Waals surface area contributed by atoms with Crippen molar-refractivity contribution < 1.29 is 0 Å². The zero-order valence-corrected chi connectivity index (χ0v) is 11.2. The molecule has 0 spiro atoms. The van der Waals surface area contributed by atoms with Gasteiger partial charge in [-0.15, -0.1) is 0 Å². The summed E-state index contributed by atoms with van der Waals surface area (Å²) in [7, 11) is 0. The van der Waals surface area contributed by atoms with E-state index in [1.54, 1.807) is 0 Å². The Labute approximate surface area is 106 Å². The van der Waals surface area contributed by atoms with Crippen molar-refractivity contribution in [3.05, 3.63) is 35.9 Å². The van der Waals surface area contributed by atoms with Crippen LogP contribution in [0.4, 0.5) is 0 Å². The van der Waals surface area contributed by atoms with Crippen molar-refractivity contribution >= 4 is 0 Å². The molecule has 0 amide bonds. The third-order valence-corrected chi connectivity index (χ3v) is 4.34. The van der Waals surface area contributed by atoms with Crippen LogP contribution in [0.15, 0.2) is 30.3 Å². The van der Waals surface area contributed by atoms with Crippen molar-refractivity contribution in [3.8, 4) is 0 Å². The third kappa shape index (κ3) is 3.10. The van der Waals surface area contributed by atoms with Gasteiger partial charge in [-0.1, -0.05) is 50.6 Å². The zero-order chi connectivity index (χ0) is 12.1. The van der Waals surface area contributed by atoms with Crippen LogP contribution in [0.3, 0.4) is 0 Å². The van der Waals surface area contributed by atoms with Crippen LogP contribution in [0.25, 0.3) is 0 Å². The monoisotopic (exact) mass is 231 g/mol. The van der Waals surface area contributed by atoms with Crippen molar-refractivity contribution in [1.82, 2.24) is 5.32 Å². The Morgan fingerprint density at radius 1 is 1.29 bits per heavy atom. The summed E-state index contributed by atoms with van der Waals surface area (Å²) in [4.78, 5) is 0. The first-order valence-corrected chi connectivity index (χ1v) is 6.99. The van der Waals surface area contributed by atoms with Gasteiger partial charge < -0.3 is 5.32 Å². The van der Waals surface area contributed by atoms with Gasteiger partial charge in [-0.05, 0) is 49.2 Å². The van der Waals surface area contributed by atoms with E-state index in [4.69, 9.17) is 0 Å². The fourth-order valence-electron chi connectivity index (χ4n) is 3.19. The van der Waals surface area contributed by atoms with E-state index in [9.17, 15) is 0 Å². The summed E-state index contributed by atoms with van der Waals surface area (Å²) in [6.07, 6.45) is 5.21. The summed E-state index contributed by atoms with van der Waals surface area (Å²) in [5.41, 5.74) is 1.99. The van der Waals surface area contributed by atoms with Gasteiger partial charge in [0.15, 0.2) is 0 Å². The second-order valence-corrected chi connectivity index (χ2v) is 5.76. The first-order chi connectivity index (χ1) is 8.24. The van der Waals surface area contributed by atoms with Crippen molar-refractivity contribution in [2.45, 2.75) is 39.5 Å². The third-order valence-electron chi connectivity index (χ3n) is 4.34. The second-order valence-electron chi connectivity index (χ2n) is 5.76. The van der Waals surface area contributed by atoms with Crippen LogP contribution in [0.2, 0.25) is 0 Å². The Morgan fingerprint density at radius 3 is 2.76 bits per heavy atom. The van der Waals surface area contributed by atoms with Gasteiger partial charge in [-0.2, -0.15) is 0 Å². The predicted octanol–water partition coefficient (Wildman–Crippen LogP) is 3.65. The highest BCUT2D eigenvalue weighted by molar-refractivity contribution is 5.17. The van der Waals surface area contributed by atoms with E-state index in [1.165, 1.54) is 44.3 Å². The van der Waals surface area contributed by atoms with Crippen LogP contribution in [-0.4, -0.2) is 13.1 Å². The molecule has 2 atom stereocenters. The number of piperidine rings is 1. The second kappa shape index (κ2) is 5.68. The van der Waals surface area contributed by atoms with E-state index in [1.807, 2.05) is 0 Å². The molecule has 1 aliphatic rings. The van der Waals surface area contributed by atoms with E-state index in [2.05, 4.69) is 49.5 Å². The minimum Gasteiger partial charge on any atom is -0.316 e. The van der Waals surface area contributed by atoms with Gasteiger partial charge in [0.2, 0.25) is 0 Å². The number of hydrogen-bond acceptors (Lipinski definition) is 1. The maximum atomic E-state index is 3.56. The summed E-state index contributed by atoms with van der Waals surface area (Å²) < 4.78 is 0. The Balaban J connectivity index is 2.09. The van der Waals surface area contributed by atoms with Crippen LogP contribution in [-0.2, 0) is 6.42 Å². The van der Waals surface area contributed by atoms with Gasteiger partial charge in [-0.3, -0.25) is 0 Å². The van der Waals surface area contributed by atoms with Gasteiger partial charge in [0.05, 0.1) is 0 Å². The molecule has 1 saturated heterocycles. The lowest BCUT2D eigenvalue weighted by atomic mass is 9.67. The lowest BCUT2D eigenvalue weighted by Crippen LogP contribution is -2.44. The van der Waals surface area contributed by atoms with Gasteiger partial charge in [-0.25, -0.2) is 0 Å². The molecule has 2 rings (SSSR count). The summed E-state index contributed by atoms with van der Waals surface area (Å²) in [6, 6.07) is 11.0. The average Bonchev–Trinajstić information content (AvgIpc) is 2.34. The first-order valence-electron chi connectivity index (χ1n) is 6.99. The molecule has 1 aliphatic heterocycles. The standard InChI is InChI=1S/C16H25N/c1-3-7-15-13-17-11-10-16(15,2)12-14-8-5-4-6-9-14/h4-6,8-9,15,17H,3,7,10-13H2,1-2H3. The molecule has 17 heavy (non-hydrogen) atoms. The normalized spacial score (nSPS) is 29.2. The Hall–Kier alpha value is -0.820. The molecule has 1 heteroatoms. The Bertz CT molecular complexity index is 331. The lowest BCUT2D eigenvalue weighted by molar-refractivity contribution is 0.120. The molecule has 1 aromatic rings. The summed E-state index contributed by atoms with van der Waals surface area (Å²) >= 11 is 0. The quantitative estimate of drug-likeness (QED) is 0.834. The molecule has 2 unspecified atom stereocenters. The number of hydrogen-bond donors (Lipinski definition) is 1. The molecule has 1 N–H and O–H groups in total. The zero-order valence-electron chi connectivity index (χ0n) is 11.2. The van der Waals surface area contributed by atoms with Crippen LogP contribution >= 0.6 is 0 Å². The SMILES string of the molecule is CCCC1CNCCC1(C)Cc1ccccc1. The molecule has 1 heterocycles. The van der Waals surface area contributed by atoms with Gasteiger partial charge >= 0.3 is 0 Å². The number of nitrogens with one attached hydrogen (secondary N) is 1. The Kier molecular flexibility index (Phi) is 4.22. The molecule has 1 aromatic carbocycles. The molecule has 0 bridgehead atoms. The van der Waals surface area contributed by atoms with E-state index in [-0.39, 0.29) is 0 Å². The van der Waals surface area contributed by atoms with Gasteiger partial charge in [0.1, 0.15) is 0 Å². The molecule has 0 saturated carbocycles. The lowest BCUT2D eigenvalue weighted by Gasteiger charge is -2.42. The molecule has 94 valence electrons. The minimum atomic E-state index is 0.489. The number of rotatable bonds is 4. The molecule has 0 aromatic heterocycles. The van der Waals surface area contributed by atoms with Gasteiger partial charge in [0, 0.05) is 0 Å². The molecule has 1 fully saturated rings. The van der Waals surface area contributed by atoms with E-state index < -0.39 is 0 Å². The summed E-state index contributed by atoms with van der Waals surface area (Å²) in [5, 5.41) is 3.56. The predicted molar refractivity (Wildman–Crippen MR) is 74.1 cm³/mol. The molecule has 1 nitrogen and oxygen atoms in total. The van der Waals surface area contributed by atoms with Crippen LogP contribution < -0.4 is 5.32 Å². The highest BCUT2D eigenvalue weighted by atomic mass is 14.9. The van der Waals surface area contributed by atoms with E-state index in [0.29, 0.717) is 5.41 Å². The van der Waals surface area contributed by atoms with Crippen molar-refractivity contribution in [2.75, 3.05) is 13.1 Å². The maximum Gasteiger partial charge on any atom is -0.00152 e. The Morgan fingerprint density at radius 2 is 2.06 bits per heavy atom. The van der Waals surface area contributed by atoms with Crippen molar-refractivity contribution in [1.29, 1.82) is 0 Å². The van der Waals surface area contributed by atoms with Crippen LogP contribution in [0, 0.1) is 11.3 Å². The van der Waals surface area contributed by atoms with E-state index in [0.717, 1.165) is 5.92 Å². The van der Waals surface area contributed by atoms with Crippen molar-refractivity contribution in [2.24, 2.45) is 11.3 Å². The molecule has 0 aliphatic carbocycles. The maximum absolute atomic E-state index is 3.56. The minimum absolute atomic E-state index is 0.489. The smallest absolute Gasteiger partial charge is 0.00152 e. The average molecular weight is 231 g/mol. The van der Waals surface area contributed by atoms with E-state index >= 15 is 0 Å². The van der Waals surface area contributed by atoms with Crippen molar-refractivity contribution in [3.63, 3.8) is 0 Å². The first kappa shape index (κ1) is 12.6. The fraction of sp³-hybridized carbons (Fsp3) is 0.625. The molecular formula is C16H25N. The summed E-state index contributed by atoms with van der Waals surface area (Å²) in [5.74, 6) is 0.835. The largest absolute Gasteiger partial charge is 0.316 e. The topological polar surface area (TPSA) is 12.0 Å². The van der Waals surface area contributed by atoms with Crippen LogP contribution in [0.5, 0.6) is 0 Å². The fourth-order valence-corrected chi connectivity index (χ4v) is 3.19.